The minimum absolute atomic E-state index is 0.0527. The van der Waals surface area contributed by atoms with Crippen LogP contribution in [0.2, 0.25) is 0 Å². The lowest BCUT2D eigenvalue weighted by Gasteiger charge is -2.21. The van der Waals surface area contributed by atoms with Crippen molar-refractivity contribution in [3.05, 3.63) is 60.2 Å². The minimum Gasteiger partial charge on any atom is -0.394 e. The zero-order chi connectivity index (χ0) is 25.0. The molecule has 10 nitrogen and oxygen atoms in total. The van der Waals surface area contributed by atoms with E-state index >= 15 is 0 Å². The molecule has 0 aromatic heterocycles. The molecule has 33 heavy (non-hydrogen) atoms. The van der Waals surface area contributed by atoms with Crippen LogP contribution >= 0.6 is 0 Å². The molecule has 0 bridgehead atoms. The van der Waals surface area contributed by atoms with Gasteiger partial charge in [0.1, 0.15) is 0 Å². The van der Waals surface area contributed by atoms with Crippen LogP contribution in [0.3, 0.4) is 0 Å². The molecular formula is C23H28O10. The molecule has 0 aliphatic carbocycles. The Morgan fingerprint density at radius 1 is 0.970 bits per heavy atom. The van der Waals surface area contributed by atoms with E-state index in [1.54, 1.807) is 13.8 Å². The molecule has 0 fully saturated rings. The first-order valence-corrected chi connectivity index (χ1v) is 10.0. The van der Waals surface area contributed by atoms with Gasteiger partial charge in [0.2, 0.25) is 0 Å². The molecule has 3 atom stereocenters. The summed E-state index contributed by atoms with van der Waals surface area (Å²) in [6, 6.07) is 4.12. The fourth-order valence-electron chi connectivity index (χ4n) is 2.60. The fourth-order valence-corrected chi connectivity index (χ4v) is 2.60. The number of aliphatic hydroxyl groups excluding tert-OH is 2. The lowest BCUT2D eigenvalue weighted by molar-refractivity contribution is -0.133. The maximum Gasteiger partial charge on any atom is 0.347 e. The summed E-state index contributed by atoms with van der Waals surface area (Å²) in [5, 5.41) is 19.0. The summed E-state index contributed by atoms with van der Waals surface area (Å²) < 4.78 is 20.3. The molecule has 0 aliphatic rings. The van der Waals surface area contributed by atoms with Crippen molar-refractivity contribution < 1.29 is 48.3 Å². The van der Waals surface area contributed by atoms with Crippen LogP contribution in [0.25, 0.3) is 0 Å². The largest absolute Gasteiger partial charge is 0.394 e. The van der Waals surface area contributed by atoms with E-state index in [1.165, 1.54) is 18.2 Å². The van der Waals surface area contributed by atoms with Crippen LogP contribution in [0, 0.1) is 0 Å². The molecule has 180 valence electrons. The average Bonchev–Trinajstić information content (AvgIpc) is 2.79. The summed E-state index contributed by atoms with van der Waals surface area (Å²) in [7, 11) is 0. The van der Waals surface area contributed by atoms with Crippen molar-refractivity contribution >= 4 is 23.9 Å². The Hall–Kier alpha value is -3.18. The second-order valence-electron chi connectivity index (χ2n) is 7.00. The van der Waals surface area contributed by atoms with Gasteiger partial charge in [-0.2, -0.15) is 0 Å². The van der Waals surface area contributed by atoms with Gasteiger partial charge in [0.05, 0.1) is 49.3 Å². The van der Waals surface area contributed by atoms with E-state index in [0.29, 0.717) is 0 Å². The predicted molar refractivity (Wildman–Crippen MR) is 115 cm³/mol. The molecule has 1 aromatic carbocycles. The highest BCUT2D eigenvalue weighted by Gasteiger charge is 2.27. The summed E-state index contributed by atoms with van der Waals surface area (Å²) in [6.45, 7) is 9.44. The molecule has 0 saturated heterocycles. The Bertz CT molecular complexity index is 874. The van der Waals surface area contributed by atoms with E-state index in [9.17, 15) is 29.4 Å². The summed E-state index contributed by atoms with van der Waals surface area (Å²) in [5.41, 5.74) is -0.445. The molecule has 1 aromatic rings. The summed E-state index contributed by atoms with van der Waals surface area (Å²) in [5.74, 6) is -4.40. The van der Waals surface area contributed by atoms with Gasteiger partial charge in [0, 0.05) is 18.6 Å². The summed E-state index contributed by atoms with van der Waals surface area (Å²) in [4.78, 5) is 48.0. The number of benzene rings is 1. The first kappa shape index (κ1) is 27.9. The van der Waals surface area contributed by atoms with Gasteiger partial charge in [-0.05, 0) is 25.5 Å². The maximum atomic E-state index is 12.6. The van der Waals surface area contributed by atoms with Crippen molar-refractivity contribution in [2.45, 2.75) is 38.6 Å². The SMILES string of the molecule is C=CC(=O)OC(=O)c1cccc(CC(CO)OCC(C)OCC(C)O)c1C(=O)OC(=O)C=C. The van der Waals surface area contributed by atoms with Gasteiger partial charge in [-0.25, -0.2) is 19.2 Å². The maximum absolute atomic E-state index is 12.6. The van der Waals surface area contributed by atoms with Crippen molar-refractivity contribution in [3.8, 4) is 0 Å². The number of carbonyl (C=O) groups is 4. The van der Waals surface area contributed by atoms with E-state index in [0.717, 1.165) is 12.2 Å². The zero-order valence-electron chi connectivity index (χ0n) is 18.5. The van der Waals surface area contributed by atoms with Crippen LogP contribution in [0.5, 0.6) is 0 Å². The third-order valence-corrected chi connectivity index (χ3v) is 4.13. The molecule has 0 heterocycles. The number of ether oxygens (including phenoxy) is 4. The van der Waals surface area contributed by atoms with Crippen LogP contribution in [-0.4, -0.2) is 72.2 Å². The van der Waals surface area contributed by atoms with E-state index in [4.69, 9.17) is 9.47 Å². The van der Waals surface area contributed by atoms with E-state index < -0.39 is 48.8 Å². The first-order valence-electron chi connectivity index (χ1n) is 10.0. The van der Waals surface area contributed by atoms with E-state index in [2.05, 4.69) is 22.6 Å². The summed E-state index contributed by atoms with van der Waals surface area (Å²) in [6.07, 6.45) is -0.364. The van der Waals surface area contributed by atoms with Gasteiger partial charge in [-0.1, -0.05) is 25.3 Å². The lowest BCUT2D eigenvalue weighted by Crippen LogP contribution is -2.29. The molecule has 0 amide bonds. The van der Waals surface area contributed by atoms with Crippen molar-refractivity contribution in [3.63, 3.8) is 0 Å². The lowest BCUT2D eigenvalue weighted by atomic mass is 9.96. The second-order valence-corrected chi connectivity index (χ2v) is 7.00. The Morgan fingerprint density at radius 2 is 1.58 bits per heavy atom. The molecule has 0 saturated carbocycles. The second kappa shape index (κ2) is 14.1. The number of aliphatic hydroxyl groups is 2. The highest BCUT2D eigenvalue weighted by atomic mass is 16.6. The van der Waals surface area contributed by atoms with Gasteiger partial charge in [-0.3, -0.25) is 0 Å². The number of carbonyl (C=O) groups excluding carboxylic acids is 4. The van der Waals surface area contributed by atoms with Gasteiger partial charge in [0.15, 0.2) is 0 Å². The van der Waals surface area contributed by atoms with Gasteiger partial charge >= 0.3 is 23.9 Å². The zero-order valence-corrected chi connectivity index (χ0v) is 18.5. The van der Waals surface area contributed by atoms with E-state index in [1.807, 2.05) is 0 Å². The van der Waals surface area contributed by atoms with Crippen LogP contribution < -0.4 is 0 Å². The van der Waals surface area contributed by atoms with Gasteiger partial charge < -0.3 is 29.2 Å². The molecule has 2 N–H and O–H groups in total. The molecule has 3 unspecified atom stereocenters. The highest BCUT2D eigenvalue weighted by molar-refractivity contribution is 6.10. The smallest absolute Gasteiger partial charge is 0.347 e. The van der Waals surface area contributed by atoms with Crippen molar-refractivity contribution in [2.75, 3.05) is 19.8 Å². The Labute approximate surface area is 191 Å². The molecular weight excluding hydrogens is 436 g/mol. The predicted octanol–water partition coefficient (Wildman–Crippen LogP) is 1.13. The molecule has 0 radical (unpaired) electrons. The van der Waals surface area contributed by atoms with Gasteiger partial charge in [-0.15, -0.1) is 0 Å². The minimum atomic E-state index is -1.17. The highest BCUT2D eigenvalue weighted by Crippen LogP contribution is 2.21. The standard InChI is InChI=1S/C23H28O10/c1-5-19(26)32-22(28)18-9-7-8-16(21(18)23(29)33-20(27)6-2)10-17(11-24)31-13-15(4)30-12-14(3)25/h5-9,14-15,17,24-25H,1-2,10-13H2,3-4H3. The van der Waals surface area contributed by atoms with Crippen LogP contribution in [-0.2, 0) is 35.0 Å². The van der Waals surface area contributed by atoms with Crippen molar-refractivity contribution in [2.24, 2.45) is 0 Å². The monoisotopic (exact) mass is 464 g/mol. The van der Waals surface area contributed by atoms with Crippen LogP contribution in [0.15, 0.2) is 43.5 Å². The third-order valence-electron chi connectivity index (χ3n) is 4.13. The number of rotatable bonds is 13. The quantitative estimate of drug-likeness (QED) is 0.247. The molecule has 1 rings (SSSR count). The van der Waals surface area contributed by atoms with Crippen molar-refractivity contribution in [1.29, 1.82) is 0 Å². The topological polar surface area (TPSA) is 146 Å². The first-order chi connectivity index (χ1) is 15.6. The number of hydrogen-bond donors (Lipinski definition) is 2. The van der Waals surface area contributed by atoms with Crippen LogP contribution in [0.4, 0.5) is 0 Å². The Balaban J connectivity index is 3.17. The van der Waals surface area contributed by atoms with Gasteiger partial charge in [0.25, 0.3) is 0 Å². The third kappa shape index (κ3) is 9.46. The average molecular weight is 464 g/mol. The Morgan fingerprint density at radius 3 is 2.12 bits per heavy atom. The normalized spacial score (nSPS) is 13.3. The van der Waals surface area contributed by atoms with E-state index in [-0.39, 0.29) is 36.3 Å². The number of esters is 4. The fraction of sp³-hybridized carbons (Fsp3) is 0.391. The molecule has 0 aliphatic heterocycles. The number of hydrogen-bond acceptors (Lipinski definition) is 10. The molecule has 0 spiro atoms. The van der Waals surface area contributed by atoms with Crippen molar-refractivity contribution in [1.82, 2.24) is 0 Å². The summed E-state index contributed by atoms with van der Waals surface area (Å²) >= 11 is 0. The molecule has 10 heteroatoms. The Kier molecular flexibility index (Phi) is 11.9. The van der Waals surface area contributed by atoms with Crippen LogP contribution in [0.1, 0.15) is 40.1 Å².